The molecule has 1 aliphatic heterocycles. The molecular weight excluding hydrogens is 428 g/mol. The van der Waals surface area contributed by atoms with E-state index in [9.17, 15) is 9.59 Å². The van der Waals surface area contributed by atoms with Gasteiger partial charge in [0.15, 0.2) is 0 Å². The van der Waals surface area contributed by atoms with Crippen molar-refractivity contribution in [1.82, 2.24) is 40.6 Å². The lowest BCUT2D eigenvalue weighted by molar-refractivity contribution is -0.131. The highest BCUT2D eigenvalue weighted by Gasteiger charge is 2.49. The molecule has 33 heavy (non-hydrogen) atoms. The number of tetrazole rings is 1. The minimum absolute atomic E-state index is 0.117. The Kier molecular flexibility index (Phi) is 4.81. The number of nitrogens with zero attached hydrogens (tertiary/aromatic N) is 7. The number of rotatable bonds is 6. The third kappa shape index (κ3) is 3.46. The number of imide groups is 1. The zero-order valence-electron chi connectivity index (χ0n) is 17.7. The largest absolute Gasteiger partial charge is 0.496 e. The van der Waals surface area contributed by atoms with Gasteiger partial charge in [-0.15, -0.1) is 5.10 Å². The van der Waals surface area contributed by atoms with E-state index in [1.165, 1.54) is 11.0 Å². The normalized spacial score (nSPS) is 17.9. The van der Waals surface area contributed by atoms with Crippen LogP contribution in [0.5, 0.6) is 5.75 Å². The van der Waals surface area contributed by atoms with Crippen molar-refractivity contribution in [2.45, 2.75) is 19.0 Å². The standard InChI is InChI=1S/C21H18N8O4/c1-21(13-6-5-7-14(10-13)29-12-22-26-27-29)19(30)28(20(31)24-21)11-17-23-18(25-33-17)15-8-3-4-9-16(15)32-2/h3-10,12H,11H2,1-2H3,(H,24,31)/t21-/m1/s1. The predicted octanol–water partition coefficient (Wildman–Crippen LogP) is 1.69. The Morgan fingerprint density at radius 2 is 2.00 bits per heavy atom. The van der Waals surface area contributed by atoms with Gasteiger partial charge < -0.3 is 14.6 Å². The van der Waals surface area contributed by atoms with E-state index in [0.717, 1.165) is 4.90 Å². The van der Waals surface area contributed by atoms with Crippen LogP contribution in [0.15, 0.2) is 59.4 Å². The van der Waals surface area contributed by atoms with Gasteiger partial charge in [-0.2, -0.15) is 4.98 Å². The molecule has 0 unspecified atom stereocenters. The first-order valence-electron chi connectivity index (χ1n) is 9.93. The molecule has 12 heteroatoms. The van der Waals surface area contributed by atoms with Crippen molar-refractivity contribution < 1.29 is 18.8 Å². The third-order valence-corrected chi connectivity index (χ3v) is 5.42. The minimum Gasteiger partial charge on any atom is -0.496 e. The quantitative estimate of drug-likeness (QED) is 0.438. The van der Waals surface area contributed by atoms with E-state index in [1.54, 1.807) is 50.4 Å². The van der Waals surface area contributed by atoms with Crippen LogP contribution in [0.3, 0.4) is 0 Å². The molecule has 0 saturated carbocycles. The van der Waals surface area contributed by atoms with Crippen LogP contribution in [-0.2, 0) is 16.9 Å². The summed E-state index contributed by atoms with van der Waals surface area (Å²) in [5, 5.41) is 17.8. The van der Waals surface area contributed by atoms with Crippen molar-refractivity contribution >= 4 is 11.9 Å². The van der Waals surface area contributed by atoms with Crippen LogP contribution in [0.2, 0.25) is 0 Å². The van der Waals surface area contributed by atoms with Gasteiger partial charge in [0.2, 0.25) is 11.7 Å². The van der Waals surface area contributed by atoms with Crippen molar-refractivity contribution in [2.24, 2.45) is 0 Å². The van der Waals surface area contributed by atoms with Crippen LogP contribution in [0, 0.1) is 0 Å². The molecule has 3 amide bonds. The van der Waals surface area contributed by atoms with E-state index < -0.39 is 17.5 Å². The summed E-state index contributed by atoms with van der Waals surface area (Å²) in [6.07, 6.45) is 1.44. The molecule has 166 valence electrons. The fraction of sp³-hybridized carbons (Fsp3) is 0.190. The van der Waals surface area contributed by atoms with Gasteiger partial charge in [0.25, 0.3) is 5.91 Å². The molecule has 2 aromatic carbocycles. The molecule has 0 radical (unpaired) electrons. The van der Waals surface area contributed by atoms with Gasteiger partial charge in [-0.25, -0.2) is 9.48 Å². The highest BCUT2D eigenvalue weighted by molar-refractivity contribution is 6.07. The molecule has 4 aromatic rings. The van der Waals surface area contributed by atoms with E-state index >= 15 is 0 Å². The minimum atomic E-state index is -1.29. The molecule has 1 N–H and O–H groups in total. The number of nitrogens with one attached hydrogen (secondary N) is 1. The lowest BCUT2D eigenvalue weighted by atomic mass is 9.91. The molecule has 1 atom stereocenters. The summed E-state index contributed by atoms with van der Waals surface area (Å²) in [7, 11) is 1.54. The Balaban J connectivity index is 1.40. The maximum Gasteiger partial charge on any atom is 0.325 e. The SMILES string of the molecule is COc1ccccc1-c1noc(CN2C(=O)N[C@](C)(c3cccc(-n4cnnn4)c3)C2=O)n1. The van der Waals surface area contributed by atoms with E-state index in [4.69, 9.17) is 9.26 Å². The zero-order chi connectivity index (χ0) is 23.0. The monoisotopic (exact) mass is 446 g/mol. The van der Waals surface area contributed by atoms with E-state index in [0.29, 0.717) is 28.4 Å². The molecule has 12 nitrogen and oxygen atoms in total. The summed E-state index contributed by atoms with van der Waals surface area (Å²) >= 11 is 0. The average Bonchev–Trinajstić information content (AvgIpc) is 3.58. The molecule has 0 aliphatic carbocycles. The number of methoxy groups -OCH3 is 1. The summed E-state index contributed by atoms with van der Waals surface area (Å²) in [5.74, 6) is 0.547. The van der Waals surface area contributed by atoms with Crippen LogP contribution in [0.1, 0.15) is 18.4 Å². The Hall–Kier alpha value is -4.61. The molecular formula is C21H18N8O4. The zero-order valence-corrected chi connectivity index (χ0v) is 17.7. The van der Waals surface area contributed by atoms with Crippen LogP contribution in [0.25, 0.3) is 17.1 Å². The van der Waals surface area contributed by atoms with Crippen molar-refractivity contribution in [2.75, 3.05) is 7.11 Å². The lowest BCUT2D eigenvalue weighted by Crippen LogP contribution is -2.40. The van der Waals surface area contributed by atoms with Gasteiger partial charge in [0.05, 0.1) is 18.4 Å². The number of carbonyl (C=O) groups is 2. The highest BCUT2D eigenvalue weighted by Crippen LogP contribution is 2.31. The van der Waals surface area contributed by atoms with Crippen molar-refractivity contribution in [3.63, 3.8) is 0 Å². The Morgan fingerprint density at radius 1 is 1.15 bits per heavy atom. The summed E-state index contributed by atoms with van der Waals surface area (Å²) in [6.45, 7) is 1.47. The van der Waals surface area contributed by atoms with Gasteiger partial charge in [-0.05, 0) is 47.2 Å². The molecule has 1 fully saturated rings. The molecule has 1 aliphatic rings. The third-order valence-electron chi connectivity index (χ3n) is 5.42. The molecule has 0 bridgehead atoms. The van der Waals surface area contributed by atoms with Crippen LogP contribution in [-0.4, -0.2) is 54.3 Å². The molecule has 2 aromatic heterocycles. The van der Waals surface area contributed by atoms with Crippen LogP contribution < -0.4 is 10.1 Å². The van der Waals surface area contributed by atoms with Gasteiger partial charge in [0, 0.05) is 0 Å². The Bertz CT molecular complexity index is 1340. The second-order valence-corrected chi connectivity index (χ2v) is 7.46. The number of amides is 3. The fourth-order valence-electron chi connectivity index (χ4n) is 3.67. The summed E-state index contributed by atoms with van der Waals surface area (Å²) in [5.41, 5.74) is 0.581. The topological polar surface area (TPSA) is 141 Å². The van der Waals surface area contributed by atoms with Gasteiger partial charge in [0.1, 0.15) is 24.2 Å². The van der Waals surface area contributed by atoms with E-state index in [1.807, 2.05) is 12.1 Å². The van der Waals surface area contributed by atoms with Gasteiger partial charge in [-0.3, -0.25) is 9.69 Å². The first kappa shape index (κ1) is 20.3. The van der Waals surface area contributed by atoms with Gasteiger partial charge in [-0.1, -0.05) is 29.4 Å². The molecule has 1 saturated heterocycles. The number of hydrogen-bond acceptors (Lipinski definition) is 9. The lowest BCUT2D eigenvalue weighted by Gasteiger charge is -2.22. The number of aromatic nitrogens is 6. The first-order chi connectivity index (χ1) is 16.0. The second-order valence-electron chi connectivity index (χ2n) is 7.46. The maximum atomic E-state index is 13.3. The maximum absolute atomic E-state index is 13.3. The number of benzene rings is 2. The number of carbonyl (C=O) groups excluding carboxylic acids is 2. The highest BCUT2D eigenvalue weighted by atomic mass is 16.5. The molecule has 5 rings (SSSR count). The number of hydrogen-bond donors (Lipinski definition) is 1. The summed E-state index contributed by atoms with van der Waals surface area (Å²) < 4.78 is 12.1. The fourth-order valence-corrected chi connectivity index (χ4v) is 3.67. The van der Waals surface area contributed by atoms with Crippen molar-refractivity contribution in [3.8, 4) is 22.8 Å². The Labute approximate surface area is 187 Å². The number of ether oxygens (including phenoxy) is 1. The second kappa shape index (κ2) is 7.82. The molecule has 3 heterocycles. The van der Waals surface area contributed by atoms with Crippen LogP contribution >= 0.6 is 0 Å². The number of urea groups is 1. The van der Waals surface area contributed by atoms with Crippen molar-refractivity contribution in [1.29, 1.82) is 0 Å². The number of para-hydroxylation sites is 1. The van der Waals surface area contributed by atoms with E-state index in [-0.39, 0.29) is 12.4 Å². The first-order valence-corrected chi connectivity index (χ1v) is 9.93. The van der Waals surface area contributed by atoms with Gasteiger partial charge >= 0.3 is 6.03 Å². The summed E-state index contributed by atoms with van der Waals surface area (Å²) in [4.78, 5) is 31.4. The van der Waals surface area contributed by atoms with E-state index in [2.05, 4.69) is 31.0 Å². The van der Waals surface area contributed by atoms with Crippen molar-refractivity contribution in [3.05, 3.63) is 66.3 Å². The average molecular weight is 446 g/mol. The smallest absolute Gasteiger partial charge is 0.325 e. The molecule has 0 spiro atoms. The summed E-state index contributed by atoms with van der Waals surface area (Å²) in [6, 6.07) is 13.7. The Morgan fingerprint density at radius 3 is 2.79 bits per heavy atom. The van der Waals surface area contributed by atoms with Crippen LogP contribution in [0.4, 0.5) is 4.79 Å². The predicted molar refractivity (Wildman–Crippen MR) is 112 cm³/mol.